The largest absolute Gasteiger partial charge is 0.335 e. The van der Waals surface area contributed by atoms with E-state index >= 15 is 0 Å². The third-order valence-electron chi connectivity index (χ3n) is 4.46. The molecule has 2 amide bonds. The summed E-state index contributed by atoms with van der Waals surface area (Å²) in [6, 6.07) is 10.7. The Bertz CT molecular complexity index is 481. The highest BCUT2D eigenvalue weighted by Gasteiger charge is 2.26. The molecule has 0 spiro atoms. The first kappa shape index (κ1) is 15.3. The van der Waals surface area contributed by atoms with Crippen LogP contribution >= 0.6 is 0 Å². The van der Waals surface area contributed by atoms with Gasteiger partial charge in [0.15, 0.2) is 0 Å². The van der Waals surface area contributed by atoms with E-state index in [-0.39, 0.29) is 12.1 Å². The Hall–Kier alpha value is -1.59. The van der Waals surface area contributed by atoms with Gasteiger partial charge in [0, 0.05) is 38.8 Å². The van der Waals surface area contributed by atoms with Crippen LogP contribution in [0.3, 0.4) is 0 Å². The van der Waals surface area contributed by atoms with Crippen molar-refractivity contribution < 1.29 is 4.79 Å². The normalized spacial score (nSPS) is 21.3. The summed E-state index contributed by atoms with van der Waals surface area (Å²) in [6.45, 7) is 5.18. The van der Waals surface area contributed by atoms with Crippen LogP contribution in [-0.2, 0) is 0 Å². The van der Waals surface area contributed by atoms with Crippen LogP contribution < -0.4 is 10.6 Å². The maximum absolute atomic E-state index is 12.1. The molecule has 1 unspecified atom stereocenters. The van der Waals surface area contributed by atoms with Gasteiger partial charge in [0.2, 0.25) is 0 Å². The minimum Gasteiger partial charge on any atom is -0.335 e. The highest BCUT2D eigenvalue weighted by atomic mass is 16.2. The fourth-order valence-electron chi connectivity index (χ4n) is 2.82. The molecule has 1 saturated carbocycles. The second-order valence-electron chi connectivity index (χ2n) is 6.46. The molecule has 0 aromatic heterocycles. The van der Waals surface area contributed by atoms with Gasteiger partial charge in [0.1, 0.15) is 0 Å². The fraction of sp³-hybridized carbons (Fsp3) is 0.588. The van der Waals surface area contributed by atoms with E-state index < -0.39 is 0 Å². The number of benzene rings is 1. The molecule has 2 aliphatic rings. The molecule has 5 heteroatoms. The summed E-state index contributed by atoms with van der Waals surface area (Å²) in [5, 5.41) is 6.18. The molecule has 1 aromatic carbocycles. The van der Waals surface area contributed by atoms with Gasteiger partial charge < -0.3 is 15.5 Å². The van der Waals surface area contributed by atoms with Crippen molar-refractivity contribution in [1.82, 2.24) is 20.4 Å². The predicted octanol–water partition coefficient (Wildman–Crippen LogP) is 1.44. The minimum absolute atomic E-state index is 0.0366. The topological polar surface area (TPSA) is 47.6 Å². The van der Waals surface area contributed by atoms with Gasteiger partial charge in [-0.05, 0) is 25.5 Å². The zero-order valence-corrected chi connectivity index (χ0v) is 13.3. The molecule has 1 aromatic rings. The zero-order valence-electron chi connectivity index (χ0n) is 13.3. The van der Waals surface area contributed by atoms with Crippen molar-refractivity contribution >= 4 is 6.03 Å². The molecule has 1 aliphatic heterocycles. The van der Waals surface area contributed by atoms with Crippen molar-refractivity contribution in [3.05, 3.63) is 35.9 Å². The molecule has 1 atom stereocenters. The van der Waals surface area contributed by atoms with E-state index in [0.717, 1.165) is 45.6 Å². The van der Waals surface area contributed by atoms with Gasteiger partial charge in [0.05, 0.1) is 6.04 Å². The Balaban J connectivity index is 1.61. The van der Waals surface area contributed by atoms with E-state index in [1.807, 2.05) is 18.2 Å². The summed E-state index contributed by atoms with van der Waals surface area (Å²) in [6.07, 6.45) is 2.23. The quantitative estimate of drug-likeness (QED) is 0.865. The summed E-state index contributed by atoms with van der Waals surface area (Å²) in [5.41, 5.74) is 1.17. The summed E-state index contributed by atoms with van der Waals surface area (Å²) in [7, 11) is 2.16. The molecular formula is C17H26N4O. The maximum atomic E-state index is 12.1. The van der Waals surface area contributed by atoms with Crippen LogP contribution in [0.5, 0.6) is 0 Å². The number of nitrogens with one attached hydrogen (secondary N) is 2. The lowest BCUT2D eigenvalue weighted by Gasteiger charge is -2.35. The van der Waals surface area contributed by atoms with Crippen molar-refractivity contribution in [3.63, 3.8) is 0 Å². The van der Waals surface area contributed by atoms with Crippen LogP contribution in [0.4, 0.5) is 4.79 Å². The third kappa shape index (κ3) is 4.45. The Morgan fingerprint density at radius 1 is 1.18 bits per heavy atom. The first-order chi connectivity index (χ1) is 10.7. The van der Waals surface area contributed by atoms with E-state index in [2.05, 4.69) is 39.6 Å². The number of urea groups is 1. The van der Waals surface area contributed by atoms with Gasteiger partial charge in [-0.15, -0.1) is 0 Å². The van der Waals surface area contributed by atoms with E-state index in [4.69, 9.17) is 0 Å². The van der Waals surface area contributed by atoms with Gasteiger partial charge in [-0.2, -0.15) is 0 Å². The van der Waals surface area contributed by atoms with E-state index in [1.54, 1.807) is 0 Å². The SMILES string of the molecule is CN1CCN(CC(NC(=O)NC2CC2)c2ccccc2)CC1. The number of rotatable bonds is 5. The second-order valence-corrected chi connectivity index (χ2v) is 6.46. The number of hydrogen-bond acceptors (Lipinski definition) is 3. The molecule has 2 N–H and O–H groups in total. The standard InChI is InChI=1S/C17H26N4O/c1-20-9-11-21(12-10-20)13-16(14-5-3-2-4-6-14)19-17(22)18-15-7-8-15/h2-6,15-16H,7-13H2,1H3,(H2,18,19,22). The van der Waals surface area contributed by atoms with Crippen molar-refractivity contribution in [1.29, 1.82) is 0 Å². The zero-order chi connectivity index (χ0) is 15.4. The van der Waals surface area contributed by atoms with Crippen LogP contribution in [-0.4, -0.2) is 61.6 Å². The Labute approximate surface area is 132 Å². The number of hydrogen-bond donors (Lipinski definition) is 2. The molecule has 1 saturated heterocycles. The molecule has 120 valence electrons. The number of carbonyl (C=O) groups is 1. The lowest BCUT2D eigenvalue weighted by atomic mass is 10.1. The van der Waals surface area contributed by atoms with Crippen LogP contribution in [0.25, 0.3) is 0 Å². The molecule has 2 fully saturated rings. The Morgan fingerprint density at radius 3 is 2.50 bits per heavy atom. The highest BCUT2D eigenvalue weighted by Crippen LogP contribution is 2.19. The Morgan fingerprint density at radius 2 is 1.86 bits per heavy atom. The van der Waals surface area contributed by atoms with Crippen LogP contribution in [0, 0.1) is 0 Å². The first-order valence-corrected chi connectivity index (χ1v) is 8.23. The van der Waals surface area contributed by atoms with Crippen LogP contribution in [0.1, 0.15) is 24.4 Å². The lowest BCUT2D eigenvalue weighted by molar-refractivity contribution is 0.142. The molecule has 1 aliphatic carbocycles. The lowest BCUT2D eigenvalue weighted by Crippen LogP contribution is -2.49. The van der Waals surface area contributed by atoms with Crippen LogP contribution in [0.2, 0.25) is 0 Å². The van der Waals surface area contributed by atoms with Crippen molar-refractivity contribution in [2.24, 2.45) is 0 Å². The number of nitrogens with zero attached hydrogens (tertiary/aromatic N) is 2. The summed E-state index contributed by atoms with van der Waals surface area (Å²) in [4.78, 5) is 16.9. The van der Waals surface area contributed by atoms with Crippen molar-refractivity contribution in [2.75, 3.05) is 39.8 Å². The highest BCUT2D eigenvalue weighted by molar-refractivity contribution is 5.75. The van der Waals surface area contributed by atoms with Gasteiger partial charge >= 0.3 is 6.03 Å². The van der Waals surface area contributed by atoms with Gasteiger partial charge in [0.25, 0.3) is 0 Å². The van der Waals surface area contributed by atoms with Crippen LogP contribution in [0.15, 0.2) is 30.3 Å². The van der Waals surface area contributed by atoms with Crippen molar-refractivity contribution in [2.45, 2.75) is 24.9 Å². The smallest absolute Gasteiger partial charge is 0.315 e. The number of likely N-dealkylation sites (N-methyl/N-ethyl adjacent to an activating group) is 1. The number of amides is 2. The monoisotopic (exact) mass is 302 g/mol. The first-order valence-electron chi connectivity index (χ1n) is 8.23. The Kier molecular flexibility index (Phi) is 4.95. The molecule has 5 nitrogen and oxygen atoms in total. The van der Waals surface area contributed by atoms with E-state index in [1.165, 1.54) is 5.56 Å². The summed E-state index contributed by atoms with van der Waals surface area (Å²) >= 11 is 0. The average molecular weight is 302 g/mol. The maximum Gasteiger partial charge on any atom is 0.315 e. The molecular weight excluding hydrogens is 276 g/mol. The van der Waals surface area contributed by atoms with Gasteiger partial charge in [-0.1, -0.05) is 30.3 Å². The average Bonchev–Trinajstić information content (AvgIpc) is 3.33. The molecule has 3 rings (SSSR count). The molecule has 22 heavy (non-hydrogen) atoms. The van der Waals surface area contributed by atoms with Crippen molar-refractivity contribution in [3.8, 4) is 0 Å². The van der Waals surface area contributed by atoms with Gasteiger partial charge in [-0.3, -0.25) is 4.90 Å². The van der Waals surface area contributed by atoms with E-state index in [0.29, 0.717) is 6.04 Å². The fourth-order valence-corrected chi connectivity index (χ4v) is 2.82. The minimum atomic E-state index is -0.0366. The summed E-state index contributed by atoms with van der Waals surface area (Å²) < 4.78 is 0. The van der Waals surface area contributed by atoms with E-state index in [9.17, 15) is 4.79 Å². The molecule has 0 bridgehead atoms. The number of carbonyl (C=O) groups excluding carboxylic acids is 1. The van der Waals surface area contributed by atoms with Gasteiger partial charge in [-0.25, -0.2) is 4.79 Å². The molecule has 0 radical (unpaired) electrons. The predicted molar refractivity (Wildman–Crippen MR) is 87.8 cm³/mol. The third-order valence-corrected chi connectivity index (χ3v) is 4.46. The molecule has 1 heterocycles. The summed E-state index contributed by atoms with van der Waals surface area (Å²) in [5.74, 6) is 0. The number of piperazine rings is 1. The second kappa shape index (κ2) is 7.11.